The van der Waals surface area contributed by atoms with Crippen LogP contribution >= 0.6 is 11.8 Å². The van der Waals surface area contributed by atoms with E-state index in [1.165, 1.54) is 12.8 Å². The van der Waals surface area contributed by atoms with Gasteiger partial charge in [-0.3, -0.25) is 4.79 Å². The maximum Gasteiger partial charge on any atom is 0.244 e. The monoisotopic (exact) mass is 187 g/mol. The van der Waals surface area contributed by atoms with Gasteiger partial charge in [0.05, 0.1) is 0 Å². The zero-order valence-corrected chi connectivity index (χ0v) is 8.62. The number of nitrogens with one attached hydrogen (secondary N) is 1. The number of hydrogen-bond acceptors (Lipinski definition) is 2. The lowest BCUT2D eigenvalue weighted by Crippen LogP contribution is -2.19. The van der Waals surface area contributed by atoms with Crippen molar-refractivity contribution in [3.63, 3.8) is 0 Å². The third-order valence-corrected chi connectivity index (χ3v) is 2.14. The van der Waals surface area contributed by atoms with E-state index in [9.17, 15) is 4.79 Å². The van der Waals surface area contributed by atoms with Gasteiger partial charge in [-0.05, 0) is 24.5 Å². The van der Waals surface area contributed by atoms with E-state index in [1.807, 2.05) is 12.3 Å². The standard InChI is InChI=1S/C9H17NOS/c1-3-5-7-12-8-6-9(11)10-4-2/h6,8H,3-5,7H2,1-2H3,(H,10,11)/b8-6-. The van der Waals surface area contributed by atoms with Crippen LogP contribution in [0.5, 0.6) is 0 Å². The van der Waals surface area contributed by atoms with Gasteiger partial charge in [0.15, 0.2) is 0 Å². The summed E-state index contributed by atoms with van der Waals surface area (Å²) in [5.41, 5.74) is 0. The summed E-state index contributed by atoms with van der Waals surface area (Å²) in [6, 6.07) is 0. The molecular formula is C9H17NOS. The summed E-state index contributed by atoms with van der Waals surface area (Å²) in [5.74, 6) is 1.10. The number of carbonyl (C=O) groups is 1. The molecule has 0 aromatic heterocycles. The van der Waals surface area contributed by atoms with Crippen LogP contribution in [-0.2, 0) is 4.79 Å². The van der Waals surface area contributed by atoms with Crippen molar-refractivity contribution in [3.8, 4) is 0 Å². The van der Waals surface area contributed by atoms with Gasteiger partial charge in [-0.25, -0.2) is 0 Å². The molecule has 1 amide bonds. The van der Waals surface area contributed by atoms with Crippen LogP contribution in [0, 0.1) is 0 Å². The Balaban J connectivity index is 3.29. The molecule has 2 nitrogen and oxygen atoms in total. The fraction of sp³-hybridized carbons (Fsp3) is 0.667. The second-order valence-corrected chi connectivity index (χ2v) is 3.44. The first-order chi connectivity index (χ1) is 5.81. The summed E-state index contributed by atoms with van der Waals surface area (Å²) in [5, 5.41) is 4.56. The molecule has 0 saturated carbocycles. The molecule has 0 radical (unpaired) electrons. The molecule has 0 aliphatic rings. The lowest BCUT2D eigenvalue weighted by molar-refractivity contribution is -0.116. The minimum Gasteiger partial charge on any atom is -0.353 e. The van der Waals surface area contributed by atoms with Gasteiger partial charge in [0.1, 0.15) is 0 Å². The van der Waals surface area contributed by atoms with E-state index in [0.29, 0.717) is 6.54 Å². The normalized spacial score (nSPS) is 10.5. The van der Waals surface area contributed by atoms with E-state index in [1.54, 1.807) is 17.8 Å². The fourth-order valence-corrected chi connectivity index (χ4v) is 1.45. The molecule has 0 rings (SSSR count). The van der Waals surface area contributed by atoms with Crippen molar-refractivity contribution in [3.05, 3.63) is 11.5 Å². The molecule has 70 valence electrons. The molecule has 0 heterocycles. The average molecular weight is 187 g/mol. The average Bonchev–Trinajstić information content (AvgIpc) is 2.05. The Hall–Kier alpha value is -0.440. The van der Waals surface area contributed by atoms with E-state index < -0.39 is 0 Å². The van der Waals surface area contributed by atoms with Crippen molar-refractivity contribution >= 4 is 17.7 Å². The molecule has 1 N–H and O–H groups in total. The van der Waals surface area contributed by atoms with Crippen LogP contribution < -0.4 is 5.32 Å². The topological polar surface area (TPSA) is 29.1 Å². The number of unbranched alkanes of at least 4 members (excludes halogenated alkanes) is 1. The summed E-state index contributed by atoms with van der Waals surface area (Å²) in [6.45, 7) is 4.77. The van der Waals surface area contributed by atoms with E-state index in [2.05, 4.69) is 12.2 Å². The largest absolute Gasteiger partial charge is 0.353 e. The lowest BCUT2D eigenvalue weighted by atomic mass is 10.4. The molecule has 0 aromatic rings. The second-order valence-electron chi connectivity index (χ2n) is 2.42. The highest BCUT2D eigenvalue weighted by molar-refractivity contribution is 8.02. The van der Waals surface area contributed by atoms with Crippen LogP contribution in [0.2, 0.25) is 0 Å². The third kappa shape index (κ3) is 7.66. The first kappa shape index (κ1) is 11.6. The zero-order chi connectivity index (χ0) is 9.23. The smallest absolute Gasteiger partial charge is 0.244 e. The minimum atomic E-state index is 0.00139. The molecule has 12 heavy (non-hydrogen) atoms. The Morgan fingerprint density at radius 2 is 2.25 bits per heavy atom. The van der Waals surface area contributed by atoms with Crippen LogP contribution in [0.25, 0.3) is 0 Å². The molecule has 0 spiro atoms. The number of rotatable bonds is 6. The van der Waals surface area contributed by atoms with Crippen molar-refractivity contribution in [2.24, 2.45) is 0 Å². The zero-order valence-electron chi connectivity index (χ0n) is 7.80. The fourth-order valence-electron chi connectivity index (χ4n) is 0.639. The van der Waals surface area contributed by atoms with Crippen molar-refractivity contribution in [1.82, 2.24) is 5.32 Å². The lowest BCUT2D eigenvalue weighted by Gasteiger charge is -1.94. The first-order valence-corrected chi connectivity index (χ1v) is 5.42. The maximum atomic E-state index is 10.9. The Morgan fingerprint density at radius 3 is 2.83 bits per heavy atom. The predicted molar refractivity (Wildman–Crippen MR) is 55.2 cm³/mol. The molecule has 0 saturated heterocycles. The van der Waals surface area contributed by atoms with Gasteiger partial charge in [-0.1, -0.05) is 13.3 Å². The molecule has 0 atom stereocenters. The number of likely N-dealkylation sites (N-methyl/N-ethyl adjacent to an activating group) is 1. The molecule has 0 aliphatic carbocycles. The summed E-state index contributed by atoms with van der Waals surface area (Å²) >= 11 is 1.69. The van der Waals surface area contributed by atoms with E-state index in [4.69, 9.17) is 0 Å². The second kappa shape index (κ2) is 8.65. The van der Waals surface area contributed by atoms with Gasteiger partial charge >= 0.3 is 0 Å². The SMILES string of the molecule is CCCCS/C=C\C(=O)NCC. The van der Waals surface area contributed by atoms with Crippen molar-refractivity contribution in [2.45, 2.75) is 26.7 Å². The van der Waals surface area contributed by atoms with Gasteiger partial charge in [0.2, 0.25) is 5.91 Å². The van der Waals surface area contributed by atoms with E-state index >= 15 is 0 Å². The van der Waals surface area contributed by atoms with Crippen LogP contribution in [0.15, 0.2) is 11.5 Å². The third-order valence-electron chi connectivity index (χ3n) is 1.28. The number of hydrogen-bond donors (Lipinski definition) is 1. The Morgan fingerprint density at radius 1 is 1.50 bits per heavy atom. The van der Waals surface area contributed by atoms with Crippen molar-refractivity contribution < 1.29 is 4.79 Å². The predicted octanol–water partition coefficient (Wildman–Crippen LogP) is 2.17. The van der Waals surface area contributed by atoms with Crippen LogP contribution in [-0.4, -0.2) is 18.2 Å². The Labute approximate surface area is 78.8 Å². The first-order valence-electron chi connectivity index (χ1n) is 4.37. The van der Waals surface area contributed by atoms with Gasteiger partial charge in [0.25, 0.3) is 0 Å². The highest BCUT2D eigenvalue weighted by Gasteiger charge is 1.89. The van der Waals surface area contributed by atoms with Crippen LogP contribution in [0.4, 0.5) is 0 Å². The molecule has 0 aromatic carbocycles. The molecule has 0 aliphatic heterocycles. The summed E-state index contributed by atoms with van der Waals surface area (Å²) in [6.07, 6.45) is 4.01. The quantitative estimate of drug-likeness (QED) is 0.510. The van der Waals surface area contributed by atoms with Crippen molar-refractivity contribution in [2.75, 3.05) is 12.3 Å². The maximum absolute atomic E-state index is 10.9. The summed E-state index contributed by atoms with van der Waals surface area (Å²) in [7, 11) is 0. The minimum absolute atomic E-state index is 0.00139. The summed E-state index contributed by atoms with van der Waals surface area (Å²) < 4.78 is 0. The van der Waals surface area contributed by atoms with E-state index in [0.717, 1.165) is 5.75 Å². The van der Waals surface area contributed by atoms with Crippen LogP contribution in [0.1, 0.15) is 26.7 Å². The number of thioether (sulfide) groups is 1. The van der Waals surface area contributed by atoms with Crippen molar-refractivity contribution in [1.29, 1.82) is 0 Å². The Bertz CT molecular complexity index is 145. The van der Waals surface area contributed by atoms with Gasteiger partial charge in [-0.2, -0.15) is 0 Å². The van der Waals surface area contributed by atoms with Gasteiger partial charge in [0, 0.05) is 12.6 Å². The van der Waals surface area contributed by atoms with E-state index in [-0.39, 0.29) is 5.91 Å². The highest BCUT2D eigenvalue weighted by Crippen LogP contribution is 2.04. The highest BCUT2D eigenvalue weighted by atomic mass is 32.2. The number of carbonyl (C=O) groups excluding carboxylic acids is 1. The Kier molecular flexibility index (Phi) is 8.34. The summed E-state index contributed by atoms with van der Waals surface area (Å²) in [4.78, 5) is 10.9. The molecule has 0 fully saturated rings. The van der Waals surface area contributed by atoms with Crippen LogP contribution in [0.3, 0.4) is 0 Å². The molecular weight excluding hydrogens is 170 g/mol. The molecule has 0 unspecified atom stereocenters. The molecule has 3 heteroatoms. The number of amides is 1. The molecule has 0 bridgehead atoms. The van der Waals surface area contributed by atoms with Gasteiger partial charge in [-0.15, -0.1) is 11.8 Å². The van der Waals surface area contributed by atoms with Gasteiger partial charge < -0.3 is 5.32 Å².